The minimum atomic E-state index is -0.269. The summed E-state index contributed by atoms with van der Waals surface area (Å²) >= 11 is 3.42. The second kappa shape index (κ2) is 7.57. The van der Waals surface area contributed by atoms with Crippen LogP contribution in [0.15, 0.2) is 28.7 Å². The predicted molar refractivity (Wildman–Crippen MR) is 97.7 cm³/mol. The van der Waals surface area contributed by atoms with Gasteiger partial charge < -0.3 is 19.5 Å². The Morgan fingerprint density at radius 1 is 1.00 bits per heavy atom. The van der Waals surface area contributed by atoms with Crippen LogP contribution in [0, 0.1) is 13.8 Å². The summed E-state index contributed by atoms with van der Waals surface area (Å²) in [5.41, 5.74) is 3.21. The van der Waals surface area contributed by atoms with Gasteiger partial charge in [-0.05, 0) is 53.0 Å². The largest absolute Gasteiger partial charge is 0.493 e. The Morgan fingerprint density at radius 2 is 1.67 bits per heavy atom. The first-order valence-electron chi connectivity index (χ1n) is 7.30. The lowest BCUT2D eigenvalue weighted by molar-refractivity contribution is 0.102. The first-order chi connectivity index (χ1) is 11.4. The minimum Gasteiger partial charge on any atom is -0.493 e. The van der Waals surface area contributed by atoms with Crippen molar-refractivity contribution in [2.75, 3.05) is 26.6 Å². The van der Waals surface area contributed by atoms with Gasteiger partial charge in [0.1, 0.15) is 0 Å². The van der Waals surface area contributed by atoms with Crippen LogP contribution in [-0.2, 0) is 0 Å². The average Bonchev–Trinajstić information content (AvgIpc) is 2.57. The van der Waals surface area contributed by atoms with Gasteiger partial charge in [-0.15, -0.1) is 0 Å². The van der Waals surface area contributed by atoms with Crippen LogP contribution >= 0.6 is 15.9 Å². The van der Waals surface area contributed by atoms with Crippen molar-refractivity contribution in [3.8, 4) is 17.2 Å². The summed E-state index contributed by atoms with van der Waals surface area (Å²) in [4.78, 5) is 12.7. The molecule has 0 aliphatic carbocycles. The molecule has 2 rings (SSSR count). The third-order valence-corrected chi connectivity index (χ3v) is 4.44. The number of hydrogen-bond donors (Lipinski definition) is 1. The van der Waals surface area contributed by atoms with Gasteiger partial charge in [-0.25, -0.2) is 0 Å². The lowest BCUT2D eigenvalue weighted by Gasteiger charge is -2.17. The van der Waals surface area contributed by atoms with Gasteiger partial charge >= 0.3 is 0 Å². The first kappa shape index (κ1) is 18.1. The fourth-order valence-electron chi connectivity index (χ4n) is 2.35. The molecule has 0 aromatic heterocycles. The molecular weight excluding hydrogens is 374 g/mol. The Kier molecular flexibility index (Phi) is 5.72. The minimum absolute atomic E-state index is 0.269. The van der Waals surface area contributed by atoms with Gasteiger partial charge in [-0.1, -0.05) is 12.1 Å². The summed E-state index contributed by atoms with van der Waals surface area (Å²) in [6, 6.07) is 7.51. The summed E-state index contributed by atoms with van der Waals surface area (Å²) in [7, 11) is 4.54. The highest BCUT2D eigenvalue weighted by atomic mass is 79.9. The van der Waals surface area contributed by atoms with Crippen LogP contribution < -0.4 is 19.5 Å². The molecule has 0 unspecified atom stereocenters. The molecule has 1 N–H and O–H groups in total. The van der Waals surface area contributed by atoms with E-state index in [1.165, 1.54) is 21.3 Å². The summed E-state index contributed by atoms with van der Waals surface area (Å²) in [6.45, 7) is 3.92. The van der Waals surface area contributed by atoms with Gasteiger partial charge in [0.05, 0.1) is 31.4 Å². The van der Waals surface area contributed by atoms with Gasteiger partial charge in [0.2, 0.25) is 5.75 Å². The van der Waals surface area contributed by atoms with Gasteiger partial charge in [0.25, 0.3) is 5.91 Å². The van der Waals surface area contributed by atoms with Crippen molar-refractivity contribution < 1.29 is 19.0 Å². The smallest absolute Gasteiger partial charge is 0.257 e. The number of anilines is 1. The molecule has 6 heteroatoms. The zero-order chi connectivity index (χ0) is 17.9. The molecular formula is C18H20BrNO4. The molecule has 0 atom stereocenters. The highest BCUT2D eigenvalue weighted by Gasteiger charge is 2.23. The van der Waals surface area contributed by atoms with Gasteiger partial charge in [0.15, 0.2) is 11.5 Å². The molecule has 0 radical (unpaired) electrons. The fraction of sp³-hybridized carbons (Fsp3) is 0.278. The molecule has 0 saturated heterocycles. The summed E-state index contributed by atoms with van der Waals surface area (Å²) in [6.07, 6.45) is 0. The van der Waals surface area contributed by atoms with Gasteiger partial charge in [-0.3, -0.25) is 4.79 Å². The van der Waals surface area contributed by atoms with E-state index in [0.717, 1.165) is 16.8 Å². The van der Waals surface area contributed by atoms with E-state index in [9.17, 15) is 4.79 Å². The molecule has 0 fully saturated rings. The van der Waals surface area contributed by atoms with Crippen LogP contribution in [0.4, 0.5) is 5.69 Å². The number of amides is 1. The van der Waals surface area contributed by atoms with E-state index in [4.69, 9.17) is 14.2 Å². The van der Waals surface area contributed by atoms with Crippen molar-refractivity contribution in [3.05, 3.63) is 45.4 Å². The van der Waals surface area contributed by atoms with E-state index in [0.29, 0.717) is 27.3 Å². The van der Waals surface area contributed by atoms with Crippen LogP contribution in [0.25, 0.3) is 0 Å². The predicted octanol–water partition coefficient (Wildman–Crippen LogP) is 4.34. The Bertz CT molecular complexity index is 774. The van der Waals surface area contributed by atoms with E-state index in [1.807, 2.05) is 32.0 Å². The molecule has 5 nitrogen and oxygen atoms in total. The first-order valence-corrected chi connectivity index (χ1v) is 8.09. The number of ether oxygens (including phenoxy) is 3. The van der Waals surface area contributed by atoms with Gasteiger partial charge in [0, 0.05) is 5.69 Å². The molecule has 128 valence electrons. The highest BCUT2D eigenvalue weighted by Crippen LogP contribution is 2.44. The summed E-state index contributed by atoms with van der Waals surface area (Å²) < 4.78 is 16.5. The standard InChI is InChI=1S/C18H20BrNO4/c1-10-6-7-11(2)13(8-10)20-18(21)12-9-14(22-3)16(23-4)17(24-5)15(12)19/h6-9H,1-5H3,(H,20,21). The molecule has 0 heterocycles. The van der Waals surface area contributed by atoms with Crippen LogP contribution in [0.5, 0.6) is 17.2 Å². The zero-order valence-electron chi connectivity index (χ0n) is 14.3. The quantitative estimate of drug-likeness (QED) is 0.820. The van der Waals surface area contributed by atoms with Crippen molar-refractivity contribution in [2.24, 2.45) is 0 Å². The van der Waals surface area contributed by atoms with E-state index in [2.05, 4.69) is 21.2 Å². The number of rotatable bonds is 5. The lowest BCUT2D eigenvalue weighted by atomic mass is 10.1. The maximum absolute atomic E-state index is 12.7. The SMILES string of the molecule is COc1cc(C(=O)Nc2cc(C)ccc2C)c(Br)c(OC)c1OC. The molecule has 0 spiro atoms. The second-order valence-electron chi connectivity index (χ2n) is 5.28. The van der Waals surface area contributed by atoms with E-state index in [-0.39, 0.29) is 5.91 Å². The number of nitrogens with one attached hydrogen (secondary N) is 1. The van der Waals surface area contributed by atoms with Crippen LogP contribution in [0.2, 0.25) is 0 Å². The molecule has 0 aliphatic rings. The number of halogens is 1. The van der Waals surface area contributed by atoms with Crippen molar-refractivity contribution in [2.45, 2.75) is 13.8 Å². The third kappa shape index (κ3) is 3.48. The third-order valence-electron chi connectivity index (χ3n) is 3.66. The Hall–Kier alpha value is -2.21. The highest BCUT2D eigenvalue weighted by molar-refractivity contribution is 9.10. The zero-order valence-corrected chi connectivity index (χ0v) is 15.9. The number of carbonyl (C=O) groups excluding carboxylic acids is 1. The molecule has 0 saturated carbocycles. The monoisotopic (exact) mass is 393 g/mol. The maximum Gasteiger partial charge on any atom is 0.257 e. The van der Waals surface area contributed by atoms with Crippen molar-refractivity contribution in [1.82, 2.24) is 0 Å². The Morgan fingerprint density at radius 3 is 2.25 bits per heavy atom. The maximum atomic E-state index is 12.7. The normalized spacial score (nSPS) is 10.2. The number of aryl methyl sites for hydroxylation is 2. The molecule has 0 bridgehead atoms. The molecule has 24 heavy (non-hydrogen) atoms. The second-order valence-corrected chi connectivity index (χ2v) is 6.07. The number of hydrogen-bond acceptors (Lipinski definition) is 4. The number of benzene rings is 2. The lowest BCUT2D eigenvalue weighted by Crippen LogP contribution is -2.14. The van der Waals surface area contributed by atoms with Crippen molar-refractivity contribution in [3.63, 3.8) is 0 Å². The van der Waals surface area contributed by atoms with Crippen LogP contribution in [-0.4, -0.2) is 27.2 Å². The average molecular weight is 394 g/mol. The van der Waals surface area contributed by atoms with Crippen molar-refractivity contribution in [1.29, 1.82) is 0 Å². The van der Waals surface area contributed by atoms with Crippen LogP contribution in [0.1, 0.15) is 21.5 Å². The molecule has 0 aliphatic heterocycles. The Balaban J connectivity index is 2.47. The molecule has 1 amide bonds. The number of methoxy groups -OCH3 is 3. The van der Waals surface area contributed by atoms with Gasteiger partial charge in [-0.2, -0.15) is 0 Å². The topological polar surface area (TPSA) is 56.8 Å². The van der Waals surface area contributed by atoms with Crippen molar-refractivity contribution >= 4 is 27.5 Å². The molecule has 2 aromatic rings. The van der Waals surface area contributed by atoms with E-state index < -0.39 is 0 Å². The Labute approximate surface area is 150 Å². The summed E-state index contributed by atoms with van der Waals surface area (Å²) in [5, 5.41) is 2.93. The van der Waals surface area contributed by atoms with E-state index >= 15 is 0 Å². The molecule has 2 aromatic carbocycles. The van der Waals surface area contributed by atoms with Crippen LogP contribution in [0.3, 0.4) is 0 Å². The summed E-state index contributed by atoms with van der Waals surface area (Å²) in [5.74, 6) is 0.983. The number of carbonyl (C=O) groups is 1. The fourth-order valence-corrected chi connectivity index (χ4v) is 2.98. The van der Waals surface area contributed by atoms with E-state index in [1.54, 1.807) is 6.07 Å².